The summed E-state index contributed by atoms with van der Waals surface area (Å²) < 4.78 is 31.2. The van der Waals surface area contributed by atoms with Crippen molar-refractivity contribution in [2.45, 2.75) is 36.9 Å². The van der Waals surface area contributed by atoms with Crippen LogP contribution in [0.25, 0.3) is 5.82 Å². The summed E-state index contributed by atoms with van der Waals surface area (Å²) in [6, 6.07) is 11.4. The number of pyridine rings is 1. The predicted molar refractivity (Wildman–Crippen MR) is 130 cm³/mol. The molecule has 5 rings (SSSR count). The number of halogens is 3. The molecule has 1 aromatic carbocycles. The first-order valence-corrected chi connectivity index (χ1v) is 11.8. The third kappa shape index (κ3) is 5.03. The predicted octanol–water partition coefficient (Wildman–Crippen LogP) is 5.02. The molecule has 180 valence electrons. The van der Waals surface area contributed by atoms with Gasteiger partial charge in [0, 0.05) is 55.8 Å². The summed E-state index contributed by atoms with van der Waals surface area (Å²) in [4.78, 5) is 23.8. The van der Waals surface area contributed by atoms with Gasteiger partial charge in [-0.2, -0.15) is 5.10 Å². The maximum Gasteiger partial charge on any atom is 0.253 e. The molecule has 1 saturated heterocycles. The summed E-state index contributed by atoms with van der Waals surface area (Å²) in [5.74, 6) is -0.164. The topological polar surface area (TPSA) is 63.4 Å². The van der Waals surface area contributed by atoms with E-state index in [1.165, 1.54) is 18.2 Å². The van der Waals surface area contributed by atoms with Gasteiger partial charge >= 0.3 is 0 Å². The van der Waals surface area contributed by atoms with E-state index in [1.54, 1.807) is 22.0 Å². The number of amides is 1. The zero-order valence-corrected chi connectivity index (χ0v) is 19.7. The van der Waals surface area contributed by atoms with Crippen molar-refractivity contribution in [3.8, 4) is 5.82 Å². The number of aliphatic imine (C=N–C) groups is 1. The van der Waals surface area contributed by atoms with E-state index in [9.17, 15) is 9.18 Å². The van der Waals surface area contributed by atoms with Gasteiger partial charge in [0.05, 0.1) is 10.6 Å². The first kappa shape index (κ1) is 23.4. The van der Waals surface area contributed by atoms with E-state index in [0.29, 0.717) is 17.8 Å². The largest absolute Gasteiger partial charge is 0.338 e. The molecular formula is C26H24ClF2N5O. The smallest absolute Gasteiger partial charge is 0.253 e. The Hall–Kier alpha value is -3.39. The minimum absolute atomic E-state index is 0.106. The van der Waals surface area contributed by atoms with E-state index in [2.05, 4.69) is 10.1 Å². The summed E-state index contributed by atoms with van der Waals surface area (Å²) in [6.07, 6.45) is 10.0. The molecule has 9 heteroatoms. The molecule has 0 bridgehead atoms. The van der Waals surface area contributed by atoms with Gasteiger partial charge in [-0.15, -0.1) is 0 Å². The zero-order chi connectivity index (χ0) is 24.5. The minimum atomic E-state index is -1.48. The van der Waals surface area contributed by atoms with Crippen LogP contribution in [-0.2, 0) is 6.42 Å². The summed E-state index contributed by atoms with van der Waals surface area (Å²) >= 11 is 5.82. The standard InChI is InChI=1S/C26H24ClF2N5O/c27-21-16-19(6-7-22(21)28)24(35)33-14-9-25(29,10-15-33)18-26(8-2-11-30-26)17-20-4-1-5-23(32-20)34-13-3-12-31-34/h1-8,11-13,16H,9-10,14-15,17-18H2. The number of aromatic nitrogens is 3. The second-order valence-electron chi connectivity index (χ2n) is 9.10. The number of piperidine rings is 1. The molecule has 1 amide bonds. The third-order valence-corrected chi connectivity index (χ3v) is 6.87. The lowest BCUT2D eigenvalue weighted by Crippen LogP contribution is -2.48. The second-order valence-corrected chi connectivity index (χ2v) is 9.51. The molecule has 6 nitrogen and oxygen atoms in total. The van der Waals surface area contributed by atoms with Crippen LogP contribution in [-0.4, -0.2) is 56.1 Å². The van der Waals surface area contributed by atoms with Crippen molar-refractivity contribution in [2.75, 3.05) is 13.1 Å². The molecule has 2 aliphatic heterocycles. The molecule has 1 unspecified atom stereocenters. The van der Waals surface area contributed by atoms with Crippen molar-refractivity contribution in [1.82, 2.24) is 19.7 Å². The molecule has 2 aromatic heterocycles. The van der Waals surface area contributed by atoms with Crippen LogP contribution >= 0.6 is 11.6 Å². The molecule has 0 N–H and O–H groups in total. The highest BCUT2D eigenvalue weighted by Crippen LogP contribution is 2.39. The summed E-state index contributed by atoms with van der Waals surface area (Å²) in [6.45, 7) is 0.530. The summed E-state index contributed by atoms with van der Waals surface area (Å²) in [5.41, 5.74) is -1.12. The molecule has 2 aliphatic rings. The number of carbonyl (C=O) groups excluding carboxylic acids is 1. The molecular weight excluding hydrogens is 472 g/mol. The van der Waals surface area contributed by atoms with Crippen LogP contribution in [0.4, 0.5) is 8.78 Å². The first-order chi connectivity index (χ1) is 16.8. The second kappa shape index (κ2) is 9.34. The highest BCUT2D eigenvalue weighted by Gasteiger charge is 2.44. The van der Waals surface area contributed by atoms with Crippen LogP contribution in [0.1, 0.15) is 35.3 Å². The van der Waals surface area contributed by atoms with Crippen LogP contribution in [0, 0.1) is 5.82 Å². The van der Waals surface area contributed by atoms with Gasteiger partial charge in [0.25, 0.3) is 5.91 Å². The molecule has 3 aromatic rings. The van der Waals surface area contributed by atoms with Crippen LogP contribution in [0.2, 0.25) is 5.02 Å². The molecule has 4 heterocycles. The maximum absolute atomic E-state index is 16.1. The Balaban J connectivity index is 1.27. The Bertz CT molecular complexity index is 1270. The molecule has 0 aliphatic carbocycles. The van der Waals surface area contributed by atoms with Crippen molar-refractivity contribution in [2.24, 2.45) is 4.99 Å². The van der Waals surface area contributed by atoms with Crippen LogP contribution < -0.4 is 0 Å². The molecule has 0 spiro atoms. The molecule has 0 saturated carbocycles. The maximum atomic E-state index is 16.1. The molecule has 1 atom stereocenters. The van der Waals surface area contributed by atoms with Gasteiger partial charge in [-0.1, -0.05) is 23.7 Å². The van der Waals surface area contributed by atoms with Gasteiger partial charge in [-0.05, 0) is 55.3 Å². The Morgan fingerprint density at radius 2 is 1.97 bits per heavy atom. The van der Waals surface area contributed by atoms with Gasteiger partial charge in [-0.25, -0.2) is 18.4 Å². The number of carbonyl (C=O) groups is 1. The number of rotatable bonds is 6. The first-order valence-electron chi connectivity index (χ1n) is 11.5. The Labute approximate surface area is 207 Å². The fourth-order valence-corrected chi connectivity index (χ4v) is 4.97. The highest BCUT2D eigenvalue weighted by molar-refractivity contribution is 6.31. The Kier molecular flexibility index (Phi) is 6.23. The van der Waals surface area contributed by atoms with Gasteiger partial charge in [0.15, 0.2) is 5.82 Å². The SMILES string of the molecule is O=C(c1ccc(F)c(Cl)c1)N1CCC(F)(CC2(Cc3cccc(-n4cccn4)n3)C=CC=N2)CC1. The number of hydrogen-bond acceptors (Lipinski definition) is 4. The minimum Gasteiger partial charge on any atom is -0.338 e. The molecule has 35 heavy (non-hydrogen) atoms. The van der Waals surface area contributed by atoms with E-state index < -0.39 is 17.0 Å². The summed E-state index contributed by atoms with van der Waals surface area (Å²) in [5, 5.41) is 4.12. The van der Waals surface area contributed by atoms with Gasteiger partial charge in [0.1, 0.15) is 11.5 Å². The fourth-order valence-electron chi connectivity index (χ4n) is 4.79. The van der Waals surface area contributed by atoms with E-state index >= 15 is 4.39 Å². The van der Waals surface area contributed by atoms with Crippen molar-refractivity contribution >= 4 is 23.7 Å². The summed E-state index contributed by atoms with van der Waals surface area (Å²) in [7, 11) is 0. The average molecular weight is 496 g/mol. The van der Waals surface area contributed by atoms with Gasteiger partial charge in [0.2, 0.25) is 0 Å². The number of nitrogens with zero attached hydrogens (tertiary/aromatic N) is 5. The Morgan fingerprint density at radius 1 is 1.14 bits per heavy atom. The van der Waals surface area contributed by atoms with Gasteiger partial charge < -0.3 is 4.90 Å². The molecule has 1 fully saturated rings. The van der Waals surface area contributed by atoms with Crippen LogP contribution in [0.15, 0.2) is 72.0 Å². The fraction of sp³-hybridized carbons (Fsp3) is 0.308. The quantitative estimate of drug-likeness (QED) is 0.482. The lowest BCUT2D eigenvalue weighted by atomic mass is 9.78. The van der Waals surface area contributed by atoms with E-state index in [4.69, 9.17) is 16.6 Å². The zero-order valence-electron chi connectivity index (χ0n) is 18.9. The third-order valence-electron chi connectivity index (χ3n) is 6.58. The average Bonchev–Trinajstić information content (AvgIpc) is 3.54. The van der Waals surface area contributed by atoms with Crippen molar-refractivity contribution in [1.29, 1.82) is 0 Å². The molecule has 0 radical (unpaired) electrons. The number of alkyl halides is 1. The van der Waals surface area contributed by atoms with E-state index in [-0.39, 0.29) is 43.3 Å². The normalized spacial score (nSPS) is 20.9. The number of allylic oxidation sites excluding steroid dienone is 1. The number of benzene rings is 1. The highest BCUT2D eigenvalue weighted by atomic mass is 35.5. The number of likely N-dealkylation sites (tertiary alicyclic amines) is 1. The number of hydrogen-bond donors (Lipinski definition) is 0. The lowest BCUT2D eigenvalue weighted by Gasteiger charge is -2.40. The Morgan fingerprint density at radius 3 is 2.66 bits per heavy atom. The lowest BCUT2D eigenvalue weighted by molar-refractivity contribution is 0.0322. The van der Waals surface area contributed by atoms with Crippen LogP contribution in [0.5, 0.6) is 0 Å². The van der Waals surface area contributed by atoms with Crippen molar-refractivity contribution in [3.05, 3.63) is 89.1 Å². The monoisotopic (exact) mass is 495 g/mol. The van der Waals surface area contributed by atoms with E-state index in [1.807, 2.05) is 42.6 Å². The van der Waals surface area contributed by atoms with E-state index in [0.717, 1.165) is 5.69 Å². The van der Waals surface area contributed by atoms with Crippen molar-refractivity contribution in [3.63, 3.8) is 0 Å². The van der Waals surface area contributed by atoms with Crippen molar-refractivity contribution < 1.29 is 13.6 Å². The van der Waals surface area contributed by atoms with Gasteiger partial charge in [-0.3, -0.25) is 9.79 Å². The van der Waals surface area contributed by atoms with Crippen LogP contribution in [0.3, 0.4) is 0 Å².